The molecule has 0 aliphatic carbocycles. The number of carbonyl (C=O) groups excluding carboxylic acids is 2. The number of hydrogen-bond acceptors (Lipinski definition) is 5. The summed E-state index contributed by atoms with van der Waals surface area (Å²) < 4.78 is 16.2. The Morgan fingerprint density at radius 3 is 2.25 bits per heavy atom. The molecule has 0 spiro atoms. The first-order chi connectivity index (χ1) is 13.3. The zero-order valence-corrected chi connectivity index (χ0v) is 18.2. The first kappa shape index (κ1) is 24.1. The lowest BCUT2D eigenvalue weighted by Crippen LogP contribution is -2.45. The molecular weight excluding hydrogens is 382 g/mol. The molecule has 1 rings (SSSR count). The van der Waals surface area contributed by atoms with Crippen LogP contribution in [0.1, 0.15) is 45.7 Å². The van der Waals surface area contributed by atoms with Gasteiger partial charge in [0.1, 0.15) is 0 Å². The van der Waals surface area contributed by atoms with Gasteiger partial charge in [-0.25, -0.2) is 4.79 Å². The van der Waals surface area contributed by atoms with Crippen molar-refractivity contribution in [2.75, 3.05) is 20.3 Å². The second kappa shape index (κ2) is 11.8. The number of carbonyl (C=O) groups is 2. The second-order valence-corrected chi connectivity index (χ2v) is 6.55. The minimum Gasteiger partial charge on any atom is -0.466 e. The highest BCUT2D eigenvalue weighted by molar-refractivity contribution is 6.30. The third-order valence-electron chi connectivity index (χ3n) is 4.25. The Kier molecular flexibility index (Phi) is 10.2. The van der Waals surface area contributed by atoms with Gasteiger partial charge >= 0.3 is 5.97 Å². The Morgan fingerprint density at radius 1 is 1.18 bits per heavy atom. The van der Waals surface area contributed by atoms with Crippen LogP contribution in [0.15, 0.2) is 24.3 Å². The minimum absolute atomic E-state index is 0.255. The Balaban J connectivity index is 3.60. The summed E-state index contributed by atoms with van der Waals surface area (Å²) in [6, 6.07) is 4.92. The van der Waals surface area contributed by atoms with E-state index in [4.69, 9.17) is 25.8 Å². The van der Waals surface area contributed by atoms with Crippen molar-refractivity contribution < 1.29 is 23.8 Å². The second-order valence-electron chi connectivity index (χ2n) is 6.12. The van der Waals surface area contributed by atoms with Crippen LogP contribution in [-0.4, -0.2) is 49.4 Å². The van der Waals surface area contributed by atoms with Crippen molar-refractivity contribution in [2.24, 2.45) is 0 Å². The lowest BCUT2D eigenvalue weighted by Gasteiger charge is -2.35. The fourth-order valence-electron chi connectivity index (χ4n) is 3.00. The minimum atomic E-state index is -0.649. The highest BCUT2D eigenvalue weighted by atomic mass is 35.5. The topological polar surface area (TPSA) is 65.1 Å². The molecule has 0 bridgehead atoms. The summed E-state index contributed by atoms with van der Waals surface area (Å²) in [5, 5.41) is 0.505. The van der Waals surface area contributed by atoms with Crippen LogP contribution in [-0.2, 0) is 30.2 Å². The molecule has 0 radical (unpaired) electrons. The van der Waals surface area contributed by atoms with Gasteiger partial charge in [0, 0.05) is 36.8 Å². The van der Waals surface area contributed by atoms with Gasteiger partial charge in [0.25, 0.3) is 0 Å². The summed E-state index contributed by atoms with van der Waals surface area (Å²) in [7, 11) is 1.29. The van der Waals surface area contributed by atoms with Crippen molar-refractivity contribution in [3.05, 3.63) is 40.4 Å². The molecular formula is C21H30ClNO5. The van der Waals surface area contributed by atoms with Crippen molar-refractivity contribution in [3.8, 4) is 0 Å². The summed E-state index contributed by atoms with van der Waals surface area (Å²) >= 11 is 6.22. The summed E-state index contributed by atoms with van der Waals surface area (Å²) in [4.78, 5) is 26.3. The monoisotopic (exact) mass is 411 g/mol. The van der Waals surface area contributed by atoms with Crippen LogP contribution in [0.5, 0.6) is 0 Å². The molecule has 0 aliphatic rings. The van der Waals surface area contributed by atoms with E-state index in [0.717, 1.165) is 5.56 Å². The first-order valence-electron chi connectivity index (χ1n) is 9.41. The van der Waals surface area contributed by atoms with Crippen molar-refractivity contribution in [1.29, 1.82) is 0 Å². The van der Waals surface area contributed by atoms with Crippen molar-refractivity contribution in [3.63, 3.8) is 0 Å². The van der Waals surface area contributed by atoms with Crippen LogP contribution in [0.2, 0.25) is 5.02 Å². The average molecular weight is 412 g/mol. The molecule has 6 nitrogen and oxygen atoms in total. The lowest BCUT2D eigenvalue weighted by atomic mass is 10.00. The average Bonchev–Trinajstić information content (AvgIpc) is 2.66. The van der Waals surface area contributed by atoms with Gasteiger partial charge in [-0.05, 0) is 44.9 Å². The maximum Gasteiger partial charge on any atom is 0.332 e. The van der Waals surface area contributed by atoms with Gasteiger partial charge in [-0.15, -0.1) is 0 Å². The summed E-state index contributed by atoms with van der Waals surface area (Å²) in [6.45, 7) is 9.81. The number of benzene rings is 1. The predicted octanol–water partition coefficient (Wildman–Crippen LogP) is 4.05. The lowest BCUT2D eigenvalue weighted by molar-refractivity contribution is -0.170. The summed E-state index contributed by atoms with van der Waals surface area (Å²) in [5.41, 5.74) is 2.03. The molecule has 1 atom stereocenters. The fraction of sp³-hybridized carbons (Fsp3) is 0.524. The Bertz CT molecular complexity index is 698. The third-order valence-corrected chi connectivity index (χ3v) is 4.48. The van der Waals surface area contributed by atoms with Gasteiger partial charge in [0.05, 0.1) is 18.8 Å². The van der Waals surface area contributed by atoms with E-state index in [0.29, 0.717) is 35.9 Å². The van der Waals surface area contributed by atoms with Gasteiger partial charge < -0.3 is 19.1 Å². The van der Waals surface area contributed by atoms with E-state index < -0.39 is 18.3 Å². The highest BCUT2D eigenvalue weighted by Gasteiger charge is 2.31. The molecule has 156 valence electrons. The molecule has 0 saturated carbocycles. The third kappa shape index (κ3) is 6.33. The Labute approximate surface area is 172 Å². The molecule has 0 aliphatic heterocycles. The number of methoxy groups -OCH3 is 1. The maximum absolute atomic E-state index is 12.7. The van der Waals surface area contributed by atoms with Gasteiger partial charge in [-0.3, -0.25) is 4.79 Å². The molecule has 0 saturated heterocycles. The van der Waals surface area contributed by atoms with E-state index in [9.17, 15) is 9.59 Å². The summed E-state index contributed by atoms with van der Waals surface area (Å²) in [6.07, 6.45) is 1.35. The van der Waals surface area contributed by atoms with Gasteiger partial charge in [-0.2, -0.15) is 0 Å². The van der Waals surface area contributed by atoms with Crippen LogP contribution in [0.25, 0.3) is 5.70 Å². The van der Waals surface area contributed by atoms with E-state index in [1.165, 1.54) is 25.0 Å². The molecule has 1 unspecified atom stereocenters. The molecule has 1 amide bonds. The highest BCUT2D eigenvalue weighted by Crippen LogP contribution is 2.30. The number of rotatable bonds is 10. The van der Waals surface area contributed by atoms with E-state index >= 15 is 0 Å². The normalized spacial score (nSPS) is 12.8. The van der Waals surface area contributed by atoms with Crippen molar-refractivity contribution in [2.45, 2.75) is 53.4 Å². The largest absolute Gasteiger partial charge is 0.466 e. The van der Waals surface area contributed by atoms with Crippen molar-refractivity contribution in [1.82, 2.24) is 4.90 Å². The van der Waals surface area contributed by atoms with Crippen LogP contribution in [0.3, 0.4) is 0 Å². The van der Waals surface area contributed by atoms with E-state index in [2.05, 4.69) is 0 Å². The van der Waals surface area contributed by atoms with E-state index in [1.807, 2.05) is 33.8 Å². The molecule has 0 aromatic heterocycles. The molecule has 0 fully saturated rings. The zero-order valence-electron chi connectivity index (χ0n) is 17.5. The number of hydrogen-bond donors (Lipinski definition) is 0. The van der Waals surface area contributed by atoms with Gasteiger partial charge in [-0.1, -0.05) is 24.6 Å². The molecule has 0 heterocycles. The summed E-state index contributed by atoms with van der Waals surface area (Å²) in [5.74, 6) is -0.825. The smallest absolute Gasteiger partial charge is 0.332 e. The quantitative estimate of drug-likeness (QED) is 0.330. The van der Waals surface area contributed by atoms with Crippen LogP contribution in [0, 0.1) is 0 Å². The Hall–Kier alpha value is -1.89. The Morgan fingerprint density at radius 2 is 1.79 bits per heavy atom. The number of halogens is 1. The van der Waals surface area contributed by atoms with Gasteiger partial charge in [0.2, 0.25) is 5.91 Å². The maximum atomic E-state index is 12.7. The zero-order chi connectivity index (χ0) is 21.3. The van der Waals surface area contributed by atoms with E-state index in [1.54, 1.807) is 12.1 Å². The standard InChI is InChI=1S/C21H30ClNO5/c1-7-16-10-11-17(22)12-18(16)19(13-20(25)26-6)23(15(5)24)14(4)21(27-8-2)28-9-3/h10-14,21H,7-9H2,1-6H3/b19-13+. The molecule has 1 aromatic rings. The molecule has 28 heavy (non-hydrogen) atoms. The number of amides is 1. The molecule has 7 heteroatoms. The van der Waals surface area contributed by atoms with Crippen LogP contribution in [0.4, 0.5) is 0 Å². The molecule has 1 aromatic carbocycles. The number of nitrogens with zero attached hydrogens (tertiary/aromatic N) is 1. The van der Waals surface area contributed by atoms with Crippen LogP contribution < -0.4 is 0 Å². The number of ether oxygens (including phenoxy) is 3. The first-order valence-corrected chi connectivity index (χ1v) is 9.79. The van der Waals surface area contributed by atoms with Gasteiger partial charge in [0.15, 0.2) is 6.29 Å². The van der Waals surface area contributed by atoms with E-state index in [-0.39, 0.29) is 5.91 Å². The molecule has 0 N–H and O–H groups in total. The van der Waals surface area contributed by atoms with Crippen LogP contribution >= 0.6 is 11.6 Å². The number of aryl methyl sites for hydroxylation is 1. The van der Waals surface area contributed by atoms with Crippen molar-refractivity contribution >= 4 is 29.2 Å². The SMILES string of the molecule is CCOC(OCC)C(C)N(C(C)=O)/C(=C/C(=O)OC)c1cc(Cl)ccc1CC. The predicted molar refractivity (Wildman–Crippen MR) is 110 cm³/mol. The fourth-order valence-corrected chi connectivity index (χ4v) is 3.17. The number of esters is 1.